The van der Waals surface area contributed by atoms with Crippen LogP contribution >= 0.6 is 0 Å². The molecule has 0 unspecified atom stereocenters. The molecule has 5 rings (SSSR count). The molecular weight excluding hydrogens is 382 g/mol. The predicted octanol–water partition coefficient (Wildman–Crippen LogP) is 1.92. The van der Waals surface area contributed by atoms with Crippen molar-refractivity contribution in [1.82, 2.24) is 9.88 Å². The van der Waals surface area contributed by atoms with Gasteiger partial charge in [-0.1, -0.05) is 24.3 Å². The number of aryl methyl sites for hydroxylation is 1. The fourth-order valence-electron chi connectivity index (χ4n) is 4.11. The lowest BCUT2D eigenvalue weighted by Gasteiger charge is -2.32. The first-order valence-electron chi connectivity index (χ1n) is 10.2. The van der Waals surface area contributed by atoms with Crippen LogP contribution in [0.4, 0.5) is 0 Å². The Morgan fingerprint density at radius 3 is 2.73 bits per heavy atom. The Morgan fingerprint density at radius 1 is 1.10 bits per heavy atom. The third-order valence-electron chi connectivity index (χ3n) is 5.81. The Labute approximate surface area is 174 Å². The van der Waals surface area contributed by atoms with Crippen LogP contribution in [0.2, 0.25) is 0 Å². The van der Waals surface area contributed by atoms with Gasteiger partial charge < -0.3 is 23.7 Å². The maximum atomic E-state index is 13.1. The molecule has 7 nitrogen and oxygen atoms in total. The normalized spacial score (nSPS) is 16.1. The highest BCUT2D eigenvalue weighted by molar-refractivity contribution is 5.98. The van der Waals surface area contributed by atoms with Crippen LogP contribution in [0.25, 0.3) is 11.3 Å². The molecule has 3 aromatic rings. The van der Waals surface area contributed by atoms with Gasteiger partial charge in [-0.15, -0.1) is 0 Å². The zero-order valence-corrected chi connectivity index (χ0v) is 16.9. The van der Waals surface area contributed by atoms with Crippen molar-refractivity contribution in [2.24, 2.45) is 0 Å². The molecule has 0 bridgehead atoms. The number of piperazine rings is 1. The molecule has 1 fully saturated rings. The van der Waals surface area contributed by atoms with Crippen molar-refractivity contribution in [3.63, 3.8) is 0 Å². The van der Waals surface area contributed by atoms with E-state index in [0.717, 1.165) is 42.3 Å². The highest BCUT2D eigenvalue weighted by Crippen LogP contribution is 2.32. The first-order valence-corrected chi connectivity index (χ1v) is 10.2. The molecule has 1 amide bonds. The summed E-state index contributed by atoms with van der Waals surface area (Å²) in [5, 5.41) is 0. The highest BCUT2D eigenvalue weighted by Gasteiger charge is 2.29. The van der Waals surface area contributed by atoms with Gasteiger partial charge in [-0.05, 0) is 30.7 Å². The van der Waals surface area contributed by atoms with Crippen LogP contribution in [0.5, 0.6) is 11.5 Å². The molecule has 2 aliphatic heterocycles. The molecule has 154 valence electrons. The SMILES string of the molecule is Cc1ccccc1-c1ocnc1C(=O)N1CC[NH+](Cc2ccc3c(c2)OCO3)CC1. The van der Waals surface area contributed by atoms with Gasteiger partial charge in [0.15, 0.2) is 29.3 Å². The number of nitrogens with zero attached hydrogens (tertiary/aromatic N) is 2. The summed E-state index contributed by atoms with van der Waals surface area (Å²) in [6, 6.07) is 14.0. The van der Waals surface area contributed by atoms with E-state index in [9.17, 15) is 4.79 Å². The predicted molar refractivity (Wildman–Crippen MR) is 110 cm³/mol. The summed E-state index contributed by atoms with van der Waals surface area (Å²) in [5.41, 5.74) is 3.57. The number of rotatable bonds is 4. The molecule has 1 aromatic heterocycles. The van der Waals surface area contributed by atoms with Crippen LogP contribution in [0.15, 0.2) is 53.3 Å². The van der Waals surface area contributed by atoms with E-state index >= 15 is 0 Å². The summed E-state index contributed by atoms with van der Waals surface area (Å²) in [6.45, 7) is 6.35. The average molecular weight is 406 g/mol. The summed E-state index contributed by atoms with van der Waals surface area (Å²) in [4.78, 5) is 20.7. The van der Waals surface area contributed by atoms with Gasteiger partial charge in [-0.2, -0.15) is 0 Å². The molecule has 0 radical (unpaired) electrons. The Kier molecular flexibility index (Phi) is 4.88. The summed E-state index contributed by atoms with van der Waals surface area (Å²) in [6.07, 6.45) is 1.36. The Morgan fingerprint density at radius 2 is 1.90 bits per heavy atom. The number of nitrogens with one attached hydrogen (secondary N) is 1. The largest absolute Gasteiger partial charge is 0.454 e. The number of oxazole rings is 1. The number of aromatic nitrogens is 1. The summed E-state index contributed by atoms with van der Waals surface area (Å²) >= 11 is 0. The van der Waals surface area contributed by atoms with Gasteiger partial charge in [-0.3, -0.25) is 4.79 Å². The van der Waals surface area contributed by atoms with E-state index in [2.05, 4.69) is 17.1 Å². The molecule has 3 heterocycles. The van der Waals surface area contributed by atoms with E-state index in [1.807, 2.05) is 42.2 Å². The van der Waals surface area contributed by atoms with Crippen molar-refractivity contribution in [3.8, 4) is 22.8 Å². The minimum absolute atomic E-state index is 0.0656. The van der Waals surface area contributed by atoms with Gasteiger partial charge in [0.05, 0.1) is 26.2 Å². The lowest BCUT2D eigenvalue weighted by atomic mass is 10.0. The van der Waals surface area contributed by atoms with Crippen LogP contribution in [0.3, 0.4) is 0 Å². The van der Waals surface area contributed by atoms with E-state index < -0.39 is 0 Å². The monoisotopic (exact) mass is 406 g/mol. The van der Waals surface area contributed by atoms with Gasteiger partial charge in [0.25, 0.3) is 5.91 Å². The Bertz CT molecular complexity index is 1070. The Hall–Kier alpha value is -3.32. The van der Waals surface area contributed by atoms with Crippen molar-refractivity contribution in [3.05, 3.63) is 65.7 Å². The van der Waals surface area contributed by atoms with Crippen LogP contribution < -0.4 is 14.4 Å². The topological polar surface area (TPSA) is 69.2 Å². The highest BCUT2D eigenvalue weighted by atomic mass is 16.7. The molecular formula is C23H24N3O4+. The maximum absolute atomic E-state index is 13.1. The number of hydrogen-bond acceptors (Lipinski definition) is 5. The van der Waals surface area contributed by atoms with Gasteiger partial charge in [0.1, 0.15) is 6.54 Å². The summed E-state index contributed by atoms with van der Waals surface area (Å²) < 4.78 is 16.4. The number of quaternary nitrogens is 1. The molecule has 2 aliphatic rings. The molecule has 1 saturated heterocycles. The second-order valence-corrected chi connectivity index (χ2v) is 7.75. The minimum Gasteiger partial charge on any atom is -0.454 e. The number of fused-ring (bicyclic) bond motifs is 1. The second-order valence-electron chi connectivity index (χ2n) is 7.75. The number of hydrogen-bond donors (Lipinski definition) is 1. The molecule has 0 saturated carbocycles. The summed E-state index contributed by atoms with van der Waals surface area (Å²) in [7, 11) is 0. The van der Waals surface area contributed by atoms with E-state index in [0.29, 0.717) is 31.3 Å². The quantitative estimate of drug-likeness (QED) is 0.717. The first kappa shape index (κ1) is 18.7. The molecule has 7 heteroatoms. The standard InChI is InChI=1S/C23H23N3O4/c1-16-4-2-3-5-18(16)22-21(24-14-28-22)23(27)26-10-8-25(9-11-26)13-17-6-7-19-20(12-17)30-15-29-19/h2-7,12,14H,8-11,13,15H2,1H3/p+1. The number of carbonyl (C=O) groups is 1. The number of benzene rings is 2. The smallest absolute Gasteiger partial charge is 0.276 e. The minimum atomic E-state index is -0.0656. The number of ether oxygens (including phenoxy) is 2. The van der Waals surface area contributed by atoms with E-state index in [4.69, 9.17) is 13.9 Å². The lowest BCUT2D eigenvalue weighted by molar-refractivity contribution is -0.917. The molecule has 0 aliphatic carbocycles. The molecule has 30 heavy (non-hydrogen) atoms. The zero-order chi connectivity index (χ0) is 20.5. The third kappa shape index (κ3) is 3.52. The van der Waals surface area contributed by atoms with Gasteiger partial charge in [-0.25, -0.2) is 4.98 Å². The van der Waals surface area contributed by atoms with Crippen LogP contribution in [-0.2, 0) is 6.54 Å². The first-order chi connectivity index (χ1) is 14.7. The average Bonchev–Trinajstić information content (AvgIpc) is 3.43. The fraction of sp³-hybridized carbons (Fsp3) is 0.304. The van der Waals surface area contributed by atoms with Crippen molar-refractivity contribution >= 4 is 5.91 Å². The van der Waals surface area contributed by atoms with Crippen LogP contribution in [0, 0.1) is 6.92 Å². The third-order valence-corrected chi connectivity index (χ3v) is 5.81. The van der Waals surface area contributed by atoms with Gasteiger partial charge in [0, 0.05) is 11.1 Å². The van der Waals surface area contributed by atoms with Crippen LogP contribution in [0.1, 0.15) is 21.6 Å². The van der Waals surface area contributed by atoms with E-state index in [1.54, 1.807) is 0 Å². The van der Waals surface area contributed by atoms with Crippen molar-refractivity contribution in [2.75, 3.05) is 33.0 Å². The van der Waals surface area contributed by atoms with Crippen molar-refractivity contribution in [1.29, 1.82) is 0 Å². The zero-order valence-electron chi connectivity index (χ0n) is 16.9. The van der Waals surface area contributed by atoms with E-state index in [1.165, 1.54) is 16.9 Å². The van der Waals surface area contributed by atoms with Crippen LogP contribution in [-0.4, -0.2) is 48.8 Å². The van der Waals surface area contributed by atoms with Gasteiger partial charge in [0.2, 0.25) is 6.79 Å². The summed E-state index contributed by atoms with van der Waals surface area (Å²) in [5.74, 6) is 2.11. The number of amides is 1. The molecule has 0 spiro atoms. The van der Waals surface area contributed by atoms with Crippen molar-refractivity contribution in [2.45, 2.75) is 13.5 Å². The molecule has 2 aromatic carbocycles. The molecule has 0 atom stereocenters. The lowest BCUT2D eigenvalue weighted by Crippen LogP contribution is -3.13. The van der Waals surface area contributed by atoms with Crippen molar-refractivity contribution < 1.29 is 23.6 Å². The molecule has 1 N–H and O–H groups in total. The number of carbonyl (C=O) groups excluding carboxylic acids is 1. The maximum Gasteiger partial charge on any atom is 0.276 e. The second kappa shape index (κ2) is 7.84. The fourth-order valence-corrected chi connectivity index (χ4v) is 4.11. The van der Waals surface area contributed by atoms with E-state index in [-0.39, 0.29) is 5.91 Å². The van der Waals surface area contributed by atoms with Gasteiger partial charge >= 0.3 is 0 Å². The Balaban J connectivity index is 1.24.